The fraction of sp³-hybridized carbons (Fsp3) is 0.541. The number of rotatable bonds is 10. The first-order chi connectivity index (χ1) is 31.3. The molecule has 0 saturated heterocycles. The Morgan fingerprint density at radius 1 is 0.433 bits per heavy atom. The molecule has 0 aromatic carbocycles. The molecule has 0 radical (unpaired) electrons. The largest absolute Gasteiger partial charge is 0.466 e. The van der Waals surface area contributed by atoms with E-state index in [1.54, 1.807) is 5.57 Å². The number of aromatic nitrogens is 3. The van der Waals surface area contributed by atoms with E-state index in [-0.39, 0.29) is 0 Å². The lowest BCUT2D eigenvalue weighted by molar-refractivity contribution is 0.432. The third kappa shape index (κ3) is 24.7. The number of nitrogens with zero attached hydrogens (tertiary/aromatic N) is 3. The maximum Gasteiger partial charge on any atom is 0.106 e. The fourth-order valence-corrected chi connectivity index (χ4v) is 8.16. The van der Waals surface area contributed by atoms with Crippen LogP contribution in [-0.2, 0) is 0 Å². The van der Waals surface area contributed by atoms with Gasteiger partial charge in [0.05, 0.1) is 0 Å². The number of hydrogen-bond donors (Lipinski definition) is 0. The summed E-state index contributed by atoms with van der Waals surface area (Å²) in [5, 5.41) is 0. The Morgan fingerprint density at radius 2 is 0.881 bits per heavy atom. The molecule has 0 aliphatic heterocycles. The molecule has 374 valence electrons. The first kappa shape index (κ1) is 61.0. The molecule has 1 aliphatic rings. The Kier molecular flexibility index (Phi) is 29.1. The predicted molar refractivity (Wildman–Crippen MR) is 302 cm³/mol. The maximum atomic E-state index is 5.61. The first-order valence-corrected chi connectivity index (χ1v) is 27.0. The van der Waals surface area contributed by atoms with E-state index in [1.165, 1.54) is 37.1 Å². The van der Waals surface area contributed by atoms with Gasteiger partial charge >= 0.3 is 0 Å². The van der Waals surface area contributed by atoms with E-state index in [9.17, 15) is 0 Å². The minimum atomic E-state index is 0.502. The Labute approximate surface area is 420 Å². The lowest BCUT2D eigenvalue weighted by Crippen LogP contribution is -1.96. The smallest absolute Gasteiger partial charge is 0.106 e. The van der Waals surface area contributed by atoms with Gasteiger partial charge in [0.25, 0.3) is 0 Å². The first-order valence-electron chi connectivity index (χ1n) is 25.4. The average Bonchev–Trinajstić information content (AvgIpc) is 4.11. The highest BCUT2D eigenvalue weighted by molar-refractivity contribution is 7.12. The van der Waals surface area contributed by atoms with E-state index >= 15 is 0 Å². The zero-order valence-electron chi connectivity index (χ0n) is 46.5. The predicted octanol–water partition coefficient (Wildman–Crippen LogP) is 20.9. The van der Waals surface area contributed by atoms with Gasteiger partial charge in [-0.25, -0.2) is 0 Å². The second-order valence-electron chi connectivity index (χ2n) is 20.8. The monoisotopic (exact) mass is 952 g/mol. The number of hydrogen-bond acceptors (Lipinski definition) is 3. The lowest BCUT2D eigenvalue weighted by Gasteiger charge is -2.06. The zero-order chi connectivity index (χ0) is 51.0. The molecule has 0 spiro atoms. The van der Waals surface area contributed by atoms with Crippen LogP contribution in [0.4, 0.5) is 0 Å². The molecule has 6 heteroatoms. The summed E-state index contributed by atoms with van der Waals surface area (Å²) in [4.78, 5) is 5.92. The number of aryl methyl sites for hydroxylation is 2. The molecule has 1 aliphatic carbocycles. The van der Waals surface area contributed by atoms with Gasteiger partial charge in [-0.05, 0) is 163 Å². The highest BCUT2D eigenvalue weighted by Crippen LogP contribution is 2.29. The third-order valence-electron chi connectivity index (χ3n) is 11.1. The molecular weight excluding hydrogens is 855 g/mol. The molecule has 0 bridgehead atoms. The quantitative estimate of drug-likeness (QED) is 0.134. The maximum absolute atomic E-state index is 5.61. The number of thiophene rings is 2. The Balaban J connectivity index is 0.000000392. The van der Waals surface area contributed by atoms with Crippen LogP contribution < -0.4 is 0 Å². The van der Waals surface area contributed by atoms with Crippen LogP contribution in [-0.4, -0.2) is 13.7 Å². The van der Waals surface area contributed by atoms with Crippen molar-refractivity contribution in [1.82, 2.24) is 13.7 Å². The Hall–Kier alpha value is -4.00. The topological polar surface area (TPSA) is 27.9 Å². The second-order valence-corrected chi connectivity index (χ2v) is 23.3. The zero-order valence-corrected chi connectivity index (χ0v) is 48.1. The summed E-state index contributed by atoms with van der Waals surface area (Å²) in [7, 11) is 0. The Morgan fingerprint density at radius 3 is 1.10 bits per heavy atom. The lowest BCUT2D eigenvalue weighted by atomic mass is 10.0. The summed E-state index contributed by atoms with van der Waals surface area (Å²) in [6.45, 7) is 48.3. The van der Waals surface area contributed by atoms with Gasteiger partial charge in [-0.2, -0.15) is 0 Å². The molecule has 6 aromatic rings. The van der Waals surface area contributed by atoms with Crippen LogP contribution >= 0.6 is 22.7 Å². The van der Waals surface area contributed by atoms with Crippen molar-refractivity contribution >= 4 is 22.7 Å². The van der Waals surface area contributed by atoms with E-state index in [1.807, 2.05) is 34.8 Å². The van der Waals surface area contributed by atoms with Gasteiger partial charge in [0, 0.05) is 86.7 Å². The molecule has 0 atom stereocenters. The van der Waals surface area contributed by atoms with Gasteiger partial charge in [-0.1, -0.05) is 121 Å². The van der Waals surface area contributed by atoms with Gasteiger partial charge in [0.15, 0.2) is 0 Å². The summed E-state index contributed by atoms with van der Waals surface area (Å²) in [5.74, 6) is 6.65. The fourth-order valence-electron chi connectivity index (χ4n) is 6.26. The molecule has 0 unspecified atom stereocenters. The Bertz CT molecular complexity index is 1950. The minimum absolute atomic E-state index is 0.502. The van der Waals surface area contributed by atoms with E-state index < -0.39 is 0 Å². The van der Waals surface area contributed by atoms with Crippen molar-refractivity contribution in [1.29, 1.82) is 0 Å². The molecule has 6 aromatic heterocycles. The van der Waals surface area contributed by atoms with E-state index in [4.69, 9.17) is 4.42 Å². The number of furan rings is 1. The van der Waals surface area contributed by atoms with Gasteiger partial charge < -0.3 is 18.1 Å². The van der Waals surface area contributed by atoms with Crippen LogP contribution in [0.15, 0.2) is 126 Å². The van der Waals surface area contributed by atoms with Crippen molar-refractivity contribution in [2.45, 2.75) is 212 Å². The molecule has 67 heavy (non-hydrogen) atoms. The van der Waals surface area contributed by atoms with Crippen molar-refractivity contribution in [3.63, 3.8) is 0 Å². The summed E-state index contributed by atoms with van der Waals surface area (Å²) < 4.78 is 12.2. The van der Waals surface area contributed by atoms with E-state index in [0.29, 0.717) is 53.6 Å². The van der Waals surface area contributed by atoms with Crippen LogP contribution in [0.25, 0.3) is 0 Å². The third-order valence-corrected chi connectivity index (χ3v) is 14.1. The minimum Gasteiger partial charge on any atom is -0.466 e. The molecule has 6 heterocycles. The van der Waals surface area contributed by atoms with Gasteiger partial charge in [-0.15, -0.1) is 22.7 Å². The van der Waals surface area contributed by atoms with Gasteiger partial charge in [0.2, 0.25) is 0 Å². The van der Waals surface area contributed by atoms with Crippen molar-refractivity contribution in [3.05, 3.63) is 164 Å². The molecule has 4 nitrogen and oxygen atoms in total. The van der Waals surface area contributed by atoms with Crippen molar-refractivity contribution < 1.29 is 4.42 Å². The summed E-state index contributed by atoms with van der Waals surface area (Å²) >= 11 is 3.84. The molecular formula is C61H97N3OS2. The molecule has 7 rings (SSSR count). The van der Waals surface area contributed by atoms with Gasteiger partial charge in [0.1, 0.15) is 11.5 Å². The average molecular weight is 953 g/mol. The van der Waals surface area contributed by atoms with Crippen molar-refractivity contribution in [2.75, 3.05) is 0 Å². The summed E-state index contributed by atoms with van der Waals surface area (Å²) in [6, 6.07) is 23.2. The highest BCUT2D eigenvalue weighted by Gasteiger charge is 2.08. The standard InChI is InChI=1S/C10H17N.C10H16O.C10H16S.C8H13N.C8H12S.C8H12.C7H11N/c1-8(2)10-5-6-11(7-10)9(3)4;2*1-7(2)9-5-6-10(11-9)8(3)4;1-7(2)9-5-4-8(3)6-9;1-6(2)8-5-4-7(3)9-8;2*1-7(2)8-5-3-4-6-8/h5-9H,1-4H3;2*5-8H,1-4H3;4-7H,1-3H3;4-6H,1-3H3;3-5,7H,6H2,1-2H3;3-7H,1-2H3. The highest BCUT2D eigenvalue weighted by atomic mass is 32.1. The molecule has 0 fully saturated rings. The van der Waals surface area contributed by atoms with E-state index in [2.05, 4.69) is 270 Å². The van der Waals surface area contributed by atoms with Crippen molar-refractivity contribution in [2.24, 2.45) is 5.92 Å². The normalized spacial score (nSPS) is 11.9. The van der Waals surface area contributed by atoms with E-state index in [0.717, 1.165) is 17.4 Å². The van der Waals surface area contributed by atoms with Crippen LogP contribution in [0, 0.1) is 19.8 Å². The van der Waals surface area contributed by atoms with Crippen LogP contribution in [0.3, 0.4) is 0 Å². The SMILES string of the molecule is CC(C)C1=CC=CC1.CC(C)c1ccc(C(C)C)o1.CC(C)c1ccc(C(C)C)s1.CC(C)c1ccn(C(C)C)c1.CC(C)n1cccc1.Cc1ccc(C(C)C)s1.Cc1ccn(C(C)C)c1. The van der Waals surface area contributed by atoms with Crippen LogP contribution in [0.1, 0.15) is 241 Å². The van der Waals surface area contributed by atoms with Gasteiger partial charge in [-0.3, -0.25) is 0 Å². The van der Waals surface area contributed by atoms with Crippen molar-refractivity contribution in [3.8, 4) is 0 Å². The summed E-state index contributed by atoms with van der Waals surface area (Å²) in [6.07, 6.45) is 20.5. The van der Waals surface area contributed by atoms with Crippen LogP contribution in [0.5, 0.6) is 0 Å². The number of allylic oxidation sites excluding steroid dienone is 4. The second kappa shape index (κ2) is 31.9. The molecule has 0 amide bonds. The van der Waals surface area contributed by atoms with Crippen LogP contribution in [0.2, 0.25) is 0 Å². The summed E-state index contributed by atoms with van der Waals surface area (Å²) in [5.41, 5.74) is 4.33. The molecule has 0 N–H and O–H groups in total. The molecule has 0 saturated carbocycles.